The van der Waals surface area contributed by atoms with E-state index in [0.29, 0.717) is 17.0 Å². The van der Waals surface area contributed by atoms with Crippen molar-refractivity contribution in [2.75, 3.05) is 18.6 Å². The van der Waals surface area contributed by atoms with Crippen molar-refractivity contribution in [3.8, 4) is 17.9 Å². The van der Waals surface area contributed by atoms with Crippen molar-refractivity contribution in [3.63, 3.8) is 0 Å². The van der Waals surface area contributed by atoms with Crippen LogP contribution in [0.3, 0.4) is 0 Å². The molecule has 2 aliphatic rings. The number of fused-ring (bicyclic) bond motifs is 1. The van der Waals surface area contributed by atoms with Crippen molar-refractivity contribution in [2.45, 2.75) is 17.7 Å². The molecule has 9 heteroatoms. The van der Waals surface area contributed by atoms with Gasteiger partial charge in [0, 0.05) is 23.1 Å². The Labute approximate surface area is 183 Å². The number of rotatable bonds is 5. The zero-order chi connectivity index (χ0) is 22.0. The minimum Gasteiger partial charge on any atom is -0.495 e. The number of hydrogen-bond donors (Lipinski definition) is 0. The zero-order valence-electron chi connectivity index (χ0n) is 16.6. The largest absolute Gasteiger partial charge is 0.495 e. The standard InChI is InChI=1S/C22H17N5O3S/c1-30-16-9-15(12-25-13-16)27-21(28)20-18(26(22(27)29)8-4-7-23)10-19(31-20)17-6-3-2-5-14(17)11-24/h2-3,5-6,9-10,12-13,18,20H,4,8H2,1H3. The Balaban J connectivity index is 1.75. The summed E-state index contributed by atoms with van der Waals surface area (Å²) in [5.41, 5.74) is 1.52. The minimum absolute atomic E-state index is 0.135. The first-order valence-electron chi connectivity index (χ1n) is 9.47. The van der Waals surface area contributed by atoms with Crippen molar-refractivity contribution in [3.05, 3.63) is 59.9 Å². The molecule has 3 heterocycles. The molecule has 0 aliphatic carbocycles. The molecule has 0 N–H and O–H groups in total. The van der Waals surface area contributed by atoms with Crippen LogP contribution in [-0.2, 0) is 4.79 Å². The first-order valence-corrected chi connectivity index (χ1v) is 10.4. The number of pyridine rings is 1. The van der Waals surface area contributed by atoms with E-state index in [1.807, 2.05) is 18.2 Å². The van der Waals surface area contributed by atoms with Crippen molar-refractivity contribution in [2.24, 2.45) is 0 Å². The molecule has 0 bridgehead atoms. The number of amides is 3. The Kier molecular flexibility index (Phi) is 5.61. The molecule has 2 atom stereocenters. The number of hydrogen-bond acceptors (Lipinski definition) is 7. The molecule has 1 saturated heterocycles. The molecule has 8 nitrogen and oxygen atoms in total. The third-order valence-electron chi connectivity index (χ3n) is 5.12. The summed E-state index contributed by atoms with van der Waals surface area (Å²) in [7, 11) is 1.48. The minimum atomic E-state index is -0.593. The maximum Gasteiger partial charge on any atom is 0.332 e. The molecule has 2 aliphatic heterocycles. The number of methoxy groups -OCH3 is 1. The van der Waals surface area contributed by atoms with E-state index in [1.54, 1.807) is 18.2 Å². The fourth-order valence-electron chi connectivity index (χ4n) is 3.66. The molecule has 31 heavy (non-hydrogen) atoms. The molecule has 0 spiro atoms. The molecular weight excluding hydrogens is 414 g/mol. The maximum atomic E-state index is 13.4. The lowest BCUT2D eigenvalue weighted by atomic mass is 10.0. The normalized spacial score (nSPS) is 20.0. The van der Waals surface area contributed by atoms with Crippen molar-refractivity contribution in [1.29, 1.82) is 10.5 Å². The number of nitrogens with zero attached hydrogens (tertiary/aromatic N) is 5. The Morgan fingerprint density at radius 1 is 1.23 bits per heavy atom. The van der Waals surface area contributed by atoms with Gasteiger partial charge in [0.15, 0.2) is 0 Å². The van der Waals surface area contributed by atoms with Gasteiger partial charge in [-0.1, -0.05) is 18.2 Å². The maximum absolute atomic E-state index is 13.4. The zero-order valence-corrected chi connectivity index (χ0v) is 17.4. The van der Waals surface area contributed by atoms with Gasteiger partial charge in [-0.05, 0) is 12.1 Å². The Morgan fingerprint density at radius 3 is 2.77 bits per heavy atom. The van der Waals surface area contributed by atoms with Crippen LogP contribution in [0.5, 0.6) is 5.75 Å². The first kappa shape index (κ1) is 20.5. The van der Waals surface area contributed by atoms with Crippen molar-refractivity contribution in [1.82, 2.24) is 9.88 Å². The molecule has 3 amide bonds. The van der Waals surface area contributed by atoms with E-state index in [2.05, 4.69) is 17.1 Å². The number of thioether (sulfide) groups is 1. The van der Waals surface area contributed by atoms with Gasteiger partial charge in [-0.25, -0.2) is 9.69 Å². The van der Waals surface area contributed by atoms with E-state index < -0.39 is 17.3 Å². The van der Waals surface area contributed by atoms with E-state index in [0.717, 1.165) is 15.4 Å². The van der Waals surface area contributed by atoms with Crippen LogP contribution < -0.4 is 9.64 Å². The molecular formula is C22H17N5O3S. The molecule has 2 unspecified atom stereocenters. The summed E-state index contributed by atoms with van der Waals surface area (Å²) in [6.07, 6.45) is 4.90. The highest BCUT2D eigenvalue weighted by Gasteiger charge is 2.49. The van der Waals surface area contributed by atoms with Crippen LogP contribution in [0.15, 0.2) is 48.8 Å². The second kappa shape index (κ2) is 8.50. The van der Waals surface area contributed by atoms with Crippen molar-refractivity contribution >= 4 is 34.3 Å². The van der Waals surface area contributed by atoms with Crippen LogP contribution in [0.1, 0.15) is 17.5 Å². The number of aromatic nitrogens is 1. The summed E-state index contributed by atoms with van der Waals surface area (Å²) in [5, 5.41) is 17.9. The molecule has 1 fully saturated rings. The van der Waals surface area contributed by atoms with Crippen molar-refractivity contribution < 1.29 is 14.3 Å². The first-order chi connectivity index (χ1) is 15.1. The van der Waals surface area contributed by atoms with Crippen LogP contribution in [0.2, 0.25) is 0 Å². The van der Waals surface area contributed by atoms with Gasteiger partial charge >= 0.3 is 6.03 Å². The van der Waals surface area contributed by atoms with Gasteiger partial charge in [0.05, 0.1) is 55.4 Å². The van der Waals surface area contributed by atoms with E-state index in [4.69, 9.17) is 10.00 Å². The summed E-state index contributed by atoms with van der Waals surface area (Å²) in [4.78, 5) is 34.2. The SMILES string of the molecule is COc1cncc(N2C(=O)C3SC(c4ccccc4C#N)=CC3N(CCC#N)C2=O)c1. The molecule has 0 saturated carbocycles. The highest BCUT2D eigenvalue weighted by atomic mass is 32.2. The smallest absolute Gasteiger partial charge is 0.332 e. The van der Waals surface area contributed by atoms with E-state index >= 15 is 0 Å². The van der Waals surface area contributed by atoms with Gasteiger partial charge in [-0.3, -0.25) is 9.78 Å². The lowest BCUT2D eigenvalue weighted by Gasteiger charge is -2.40. The predicted molar refractivity (Wildman–Crippen MR) is 115 cm³/mol. The van der Waals surface area contributed by atoms with Crippen LogP contribution in [0.4, 0.5) is 10.5 Å². The van der Waals surface area contributed by atoms with Gasteiger partial charge in [0.25, 0.3) is 5.91 Å². The lowest BCUT2D eigenvalue weighted by molar-refractivity contribution is -0.119. The summed E-state index contributed by atoms with van der Waals surface area (Å²) in [6, 6.07) is 11.9. The number of ether oxygens (including phenoxy) is 1. The molecule has 0 radical (unpaired) electrons. The Bertz CT molecular complexity index is 1170. The van der Waals surface area contributed by atoms with Crippen LogP contribution in [0.25, 0.3) is 4.91 Å². The van der Waals surface area contributed by atoms with Gasteiger partial charge in [0.2, 0.25) is 0 Å². The van der Waals surface area contributed by atoms with E-state index in [9.17, 15) is 14.9 Å². The third-order valence-corrected chi connectivity index (χ3v) is 6.46. The third kappa shape index (κ3) is 3.60. The highest BCUT2D eigenvalue weighted by Crippen LogP contribution is 2.45. The number of imide groups is 1. The number of urea groups is 1. The second-order valence-electron chi connectivity index (χ2n) is 6.86. The van der Waals surface area contributed by atoms with Gasteiger partial charge in [0.1, 0.15) is 11.0 Å². The van der Waals surface area contributed by atoms with Crippen LogP contribution in [-0.4, -0.2) is 46.8 Å². The summed E-state index contributed by atoms with van der Waals surface area (Å²) >= 11 is 1.32. The van der Waals surface area contributed by atoms with E-state index in [1.165, 1.54) is 36.2 Å². The lowest BCUT2D eigenvalue weighted by Crippen LogP contribution is -2.62. The monoisotopic (exact) mass is 431 g/mol. The van der Waals surface area contributed by atoms with Crippen LogP contribution >= 0.6 is 11.8 Å². The topological polar surface area (TPSA) is 110 Å². The van der Waals surface area contributed by atoms with Gasteiger partial charge in [-0.2, -0.15) is 10.5 Å². The molecule has 1 aromatic carbocycles. The fourth-order valence-corrected chi connectivity index (χ4v) is 5.03. The average molecular weight is 431 g/mol. The van der Waals surface area contributed by atoms with Gasteiger partial charge < -0.3 is 9.64 Å². The summed E-state index contributed by atoms with van der Waals surface area (Å²) in [5.74, 6) is 0.0496. The highest BCUT2D eigenvalue weighted by molar-refractivity contribution is 8.09. The molecule has 4 rings (SSSR count). The van der Waals surface area contributed by atoms with E-state index in [-0.39, 0.29) is 18.9 Å². The number of nitriles is 2. The van der Waals surface area contributed by atoms with Crippen LogP contribution in [0, 0.1) is 22.7 Å². The molecule has 154 valence electrons. The summed E-state index contributed by atoms with van der Waals surface area (Å²) in [6.45, 7) is 0.182. The average Bonchev–Trinajstić information content (AvgIpc) is 3.24. The Hall–Kier alpha value is -3.82. The number of carbonyl (C=O) groups excluding carboxylic acids is 2. The molecule has 1 aromatic heterocycles. The number of anilines is 1. The fraction of sp³-hybridized carbons (Fsp3) is 0.227. The quantitative estimate of drug-likeness (QED) is 0.715. The Morgan fingerprint density at radius 2 is 2.03 bits per heavy atom. The van der Waals surface area contributed by atoms with Gasteiger partial charge in [-0.15, -0.1) is 11.8 Å². The number of carbonyl (C=O) groups is 2. The second-order valence-corrected chi connectivity index (χ2v) is 8.04. The number of benzene rings is 1. The summed E-state index contributed by atoms with van der Waals surface area (Å²) < 4.78 is 5.18. The molecule has 2 aromatic rings. The predicted octanol–water partition coefficient (Wildman–Crippen LogP) is 3.17.